The molecule has 0 spiro atoms. The molecule has 0 aliphatic heterocycles. The number of ether oxygens (including phenoxy) is 1. The Morgan fingerprint density at radius 1 is 1.04 bits per heavy atom. The fourth-order valence-corrected chi connectivity index (χ4v) is 6.03. The fourth-order valence-electron chi connectivity index (χ4n) is 3.96. The molecular formula is C19H25NO5S. The molecule has 0 atom stereocenters. The Bertz CT molecular complexity index is 747. The Balaban J connectivity index is 1.70. The van der Waals surface area contributed by atoms with Crippen LogP contribution in [0.1, 0.15) is 51.4 Å². The van der Waals surface area contributed by atoms with E-state index < -0.39 is 27.2 Å². The van der Waals surface area contributed by atoms with Crippen molar-refractivity contribution in [3.05, 3.63) is 30.3 Å². The summed E-state index contributed by atoms with van der Waals surface area (Å²) in [6, 6.07) is 8.12. The van der Waals surface area contributed by atoms with Gasteiger partial charge in [0.25, 0.3) is 5.91 Å². The van der Waals surface area contributed by atoms with Crippen molar-refractivity contribution >= 4 is 21.7 Å². The van der Waals surface area contributed by atoms with Crippen molar-refractivity contribution < 1.29 is 22.7 Å². The average Bonchev–Trinajstić information content (AvgIpc) is 3.33. The summed E-state index contributed by atoms with van der Waals surface area (Å²) in [5, 5.41) is 2.84. The van der Waals surface area contributed by atoms with Crippen molar-refractivity contribution in [2.75, 3.05) is 6.61 Å². The second kappa shape index (κ2) is 7.78. The van der Waals surface area contributed by atoms with E-state index in [0.717, 1.165) is 25.7 Å². The number of esters is 1. The lowest BCUT2D eigenvalue weighted by atomic mass is 10.1. The molecule has 1 aromatic rings. The zero-order valence-corrected chi connectivity index (χ0v) is 15.6. The van der Waals surface area contributed by atoms with Crippen molar-refractivity contribution in [2.24, 2.45) is 0 Å². The molecule has 1 N–H and O–H groups in total. The van der Waals surface area contributed by atoms with Gasteiger partial charge in [-0.2, -0.15) is 0 Å². The van der Waals surface area contributed by atoms with Crippen molar-refractivity contribution in [3.63, 3.8) is 0 Å². The molecule has 0 aromatic heterocycles. The van der Waals surface area contributed by atoms with Gasteiger partial charge >= 0.3 is 5.97 Å². The molecule has 2 fully saturated rings. The van der Waals surface area contributed by atoms with Gasteiger partial charge in [0.05, 0.1) is 4.90 Å². The van der Waals surface area contributed by atoms with Crippen LogP contribution >= 0.6 is 0 Å². The number of carbonyl (C=O) groups excluding carboxylic acids is 2. The van der Waals surface area contributed by atoms with E-state index in [-0.39, 0.29) is 29.7 Å². The van der Waals surface area contributed by atoms with Crippen LogP contribution in [0.15, 0.2) is 35.2 Å². The van der Waals surface area contributed by atoms with E-state index in [1.54, 1.807) is 18.2 Å². The summed E-state index contributed by atoms with van der Waals surface area (Å²) in [5.41, 5.74) is 0. The van der Waals surface area contributed by atoms with Gasteiger partial charge in [-0.05, 0) is 37.8 Å². The lowest BCUT2D eigenvalue weighted by molar-refractivity contribution is -0.151. The van der Waals surface area contributed by atoms with Gasteiger partial charge in [0.15, 0.2) is 21.2 Å². The number of sulfone groups is 1. The number of rotatable bonds is 6. The second-order valence-corrected chi connectivity index (χ2v) is 9.40. The summed E-state index contributed by atoms with van der Waals surface area (Å²) in [5.74, 6) is -1.17. The van der Waals surface area contributed by atoms with Gasteiger partial charge in [0.1, 0.15) is 0 Å². The maximum absolute atomic E-state index is 13.1. The largest absolute Gasteiger partial charge is 0.454 e. The predicted molar refractivity (Wildman–Crippen MR) is 96.2 cm³/mol. The van der Waals surface area contributed by atoms with Gasteiger partial charge in [-0.3, -0.25) is 9.59 Å². The lowest BCUT2D eigenvalue weighted by Crippen LogP contribution is -2.46. The van der Waals surface area contributed by atoms with Crippen molar-refractivity contribution in [2.45, 2.75) is 67.1 Å². The number of benzene rings is 1. The van der Waals surface area contributed by atoms with Crippen LogP contribution in [0.3, 0.4) is 0 Å². The minimum absolute atomic E-state index is 0.120. The number of hydrogen-bond donors (Lipinski definition) is 1. The highest BCUT2D eigenvalue weighted by atomic mass is 32.2. The molecule has 0 saturated heterocycles. The van der Waals surface area contributed by atoms with Crippen molar-refractivity contribution in [3.8, 4) is 0 Å². The highest BCUT2D eigenvalue weighted by molar-refractivity contribution is 7.93. The first-order valence-corrected chi connectivity index (χ1v) is 10.7. The Labute approximate surface area is 154 Å². The quantitative estimate of drug-likeness (QED) is 0.767. The van der Waals surface area contributed by atoms with E-state index in [4.69, 9.17) is 4.74 Å². The molecule has 1 aromatic carbocycles. The molecule has 0 heterocycles. The van der Waals surface area contributed by atoms with Crippen LogP contribution in [-0.2, 0) is 24.2 Å². The molecule has 2 aliphatic rings. The number of hydrogen-bond acceptors (Lipinski definition) is 5. The number of nitrogens with one attached hydrogen (secondary N) is 1. The highest BCUT2D eigenvalue weighted by Crippen LogP contribution is 2.41. The third-order valence-corrected chi connectivity index (χ3v) is 7.90. The summed E-state index contributed by atoms with van der Waals surface area (Å²) < 4.78 is 29.8. The van der Waals surface area contributed by atoms with Gasteiger partial charge < -0.3 is 10.1 Å². The fraction of sp³-hybridized carbons (Fsp3) is 0.579. The third kappa shape index (κ3) is 3.63. The van der Waals surface area contributed by atoms with E-state index in [1.807, 2.05) is 0 Å². The predicted octanol–water partition coefficient (Wildman–Crippen LogP) is 2.38. The normalized spacial score (nSPS) is 20.0. The SMILES string of the molecule is O=C(COC(=O)C1(S(=O)(=O)c2ccccc2)CCCC1)NC1CCCC1. The van der Waals surface area contributed by atoms with Crippen molar-refractivity contribution in [1.29, 1.82) is 0 Å². The molecule has 2 aliphatic carbocycles. The van der Waals surface area contributed by atoms with Gasteiger partial charge in [-0.15, -0.1) is 0 Å². The molecule has 3 rings (SSSR count). The standard InChI is InChI=1S/C19H25NO5S/c21-17(20-15-8-4-5-9-15)14-25-18(22)19(12-6-7-13-19)26(23,24)16-10-2-1-3-11-16/h1-3,10-11,15H,4-9,12-14H2,(H,20,21). The van der Waals surface area contributed by atoms with Gasteiger partial charge in [0, 0.05) is 6.04 Å². The van der Waals surface area contributed by atoms with Crippen LogP contribution in [-0.4, -0.2) is 37.7 Å². The number of carbonyl (C=O) groups is 2. The minimum Gasteiger partial charge on any atom is -0.454 e. The Morgan fingerprint density at radius 3 is 2.27 bits per heavy atom. The van der Waals surface area contributed by atoms with Crippen molar-refractivity contribution in [1.82, 2.24) is 5.32 Å². The molecule has 7 heteroatoms. The molecule has 1 amide bonds. The maximum atomic E-state index is 13.1. The molecule has 142 valence electrons. The van der Waals surface area contributed by atoms with Crippen LogP contribution in [0.2, 0.25) is 0 Å². The van der Waals surface area contributed by atoms with E-state index in [9.17, 15) is 18.0 Å². The monoisotopic (exact) mass is 379 g/mol. The molecular weight excluding hydrogens is 354 g/mol. The van der Waals surface area contributed by atoms with Gasteiger partial charge in [0.2, 0.25) is 0 Å². The van der Waals surface area contributed by atoms with Crippen LogP contribution in [0.5, 0.6) is 0 Å². The second-order valence-electron chi connectivity index (χ2n) is 7.14. The summed E-state index contributed by atoms with van der Waals surface area (Å²) in [6.45, 7) is -0.429. The summed E-state index contributed by atoms with van der Waals surface area (Å²) >= 11 is 0. The van der Waals surface area contributed by atoms with Gasteiger partial charge in [-0.1, -0.05) is 43.9 Å². The Morgan fingerprint density at radius 2 is 1.65 bits per heavy atom. The van der Waals surface area contributed by atoms with E-state index in [1.165, 1.54) is 12.1 Å². The summed E-state index contributed by atoms with van der Waals surface area (Å²) in [7, 11) is -3.88. The van der Waals surface area contributed by atoms with E-state index in [2.05, 4.69) is 5.32 Å². The first kappa shape index (κ1) is 18.9. The number of amides is 1. The van der Waals surface area contributed by atoms with E-state index in [0.29, 0.717) is 12.8 Å². The molecule has 2 saturated carbocycles. The molecule has 0 unspecified atom stereocenters. The van der Waals surface area contributed by atoms with E-state index >= 15 is 0 Å². The smallest absolute Gasteiger partial charge is 0.328 e. The molecule has 0 radical (unpaired) electrons. The molecule has 0 bridgehead atoms. The Kier molecular flexibility index (Phi) is 5.65. The molecule has 26 heavy (non-hydrogen) atoms. The first-order chi connectivity index (χ1) is 12.5. The summed E-state index contributed by atoms with van der Waals surface area (Å²) in [6.07, 6.45) is 5.80. The zero-order valence-electron chi connectivity index (χ0n) is 14.8. The Hall–Kier alpha value is -1.89. The topological polar surface area (TPSA) is 89.5 Å². The highest BCUT2D eigenvalue weighted by Gasteiger charge is 2.54. The zero-order chi connectivity index (χ0) is 18.6. The summed E-state index contributed by atoms with van der Waals surface area (Å²) in [4.78, 5) is 24.9. The minimum atomic E-state index is -3.88. The van der Waals surface area contributed by atoms with Crippen LogP contribution in [0.4, 0.5) is 0 Å². The first-order valence-electron chi connectivity index (χ1n) is 9.22. The average molecular weight is 379 g/mol. The lowest BCUT2D eigenvalue weighted by Gasteiger charge is -2.26. The molecule has 6 nitrogen and oxygen atoms in total. The van der Waals surface area contributed by atoms with Crippen LogP contribution in [0, 0.1) is 0 Å². The van der Waals surface area contributed by atoms with Crippen LogP contribution < -0.4 is 5.32 Å². The third-order valence-electron chi connectivity index (χ3n) is 5.41. The van der Waals surface area contributed by atoms with Crippen LogP contribution in [0.25, 0.3) is 0 Å². The van der Waals surface area contributed by atoms with Gasteiger partial charge in [-0.25, -0.2) is 8.42 Å². The maximum Gasteiger partial charge on any atom is 0.328 e.